The lowest BCUT2D eigenvalue weighted by molar-refractivity contribution is 0.0594. The van der Waals surface area contributed by atoms with Gasteiger partial charge in [0.25, 0.3) is 0 Å². The highest BCUT2D eigenvalue weighted by Crippen LogP contribution is 2.38. The van der Waals surface area contributed by atoms with Crippen LogP contribution in [0.3, 0.4) is 0 Å². The Morgan fingerprint density at radius 2 is 1.73 bits per heavy atom. The molecule has 3 rings (SSSR count). The van der Waals surface area contributed by atoms with Crippen molar-refractivity contribution < 1.29 is 24.5 Å². The number of rotatable bonds is 2. The van der Waals surface area contributed by atoms with Gasteiger partial charge in [0.1, 0.15) is 17.6 Å². The predicted octanol–water partition coefficient (Wildman–Crippen LogP) is 1.92. The van der Waals surface area contributed by atoms with Crippen molar-refractivity contribution in [3.8, 4) is 11.5 Å². The van der Waals surface area contributed by atoms with Crippen molar-refractivity contribution in [2.45, 2.75) is 12.0 Å². The van der Waals surface area contributed by atoms with Crippen molar-refractivity contribution in [1.82, 2.24) is 0 Å². The van der Waals surface area contributed by atoms with Gasteiger partial charge in [-0.05, 0) is 11.6 Å². The van der Waals surface area contributed by atoms with E-state index in [0.717, 1.165) is 0 Å². The van der Waals surface area contributed by atoms with Crippen LogP contribution in [0.1, 0.15) is 32.2 Å². The van der Waals surface area contributed by atoms with E-state index in [1.54, 1.807) is 30.3 Å². The Hall–Kier alpha value is -2.66. The van der Waals surface area contributed by atoms with Crippen LogP contribution in [0, 0.1) is 0 Å². The van der Waals surface area contributed by atoms with Gasteiger partial charge in [0.05, 0.1) is 18.6 Å². The highest BCUT2D eigenvalue weighted by Gasteiger charge is 2.43. The third kappa shape index (κ3) is 2.07. The fraction of sp³-hybridized carbons (Fsp3) is 0.176. The molecule has 5 nitrogen and oxygen atoms in total. The zero-order valence-corrected chi connectivity index (χ0v) is 11.8. The molecule has 0 aromatic heterocycles. The molecule has 0 unspecified atom stereocenters. The van der Waals surface area contributed by atoms with E-state index < -0.39 is 23.6 Å². The normalized spacial score (nSPS) is 20.6. The first-order chi connectivity index (χ1) is 10.5. The highest BCUT2D eigenvalue weighted by molar-refractivity contribution is 6.20. The predicted molar refractivity (Wildman–Crippen MR) is 78.5 cm³/mol. The second-order valence-corrected chi connectivity index (χ2v) is 5.13. The lowest BCUT2D eigenvalue weighted by atomic mass is 9.76. The molecule has 0 heterocycles. The third-order valence-corrected chi connectivity index (χ3v) is 3.86. The van der Waals surface area contributed by atoms with Crippen LogP contribution < -0.4 is 4.74 Å². The van der Waals surface area contributed by atoms with Crippen LogP contribution in [0.4, 0.5) is 0 Å². The van der Waals surface area contributed by atoms with Crippen LogP contribution in [-0.4, -0.2) is 35.0 Å². The number of hydrogen-bond acceptors (Lipinski definition) is 5. The van der Waals surface area contributed by atoms with E-state index in [-0.39, 0.29) is 22.6 Å². The first-order valence-corrected chi connectivity index (χ1v) is 6.77. The first-order valence-electron chi connectivity index (χ1n) is 6.77. The summed E-state index contributed by atoms with van der Waals surface area (Å²) in [6.45, 7) is 0. The highest BCUT2D eigenvalue weighted by atomic mass is 16.5. The quantitative estimate of drug-likeness (QED) is 0.885. The van der Waals surface area contributed by atoms with Crippen LogP contribution in [0.25, 0.3) is 0 Å². The van der Waals surface area contributed by atoms with Gasteiger partial charge in [-0.2, -0.15) is 0 Å². The minimum Gasteiger partial charge on any atom is -0.507 e. The molecule has 2 atom stereocenters. The number of aromatic hydroxyl groups is 1. The Bertz CT molecular complexity index is 751. The van der Waals surface area contributed by atoms with Crippen molar-refractivity contribution in [1.29, 1.82) is 0 Å². The third-order valence-electron chi connectivity index (χ3n) is 3.86. The van der Waals surface area contributed by atoms with E-state index in [9.17, 15) is 19.8 Å². The molecule has 0 fully saturated rings. The Labute approximate surface area is 126 Å². The molecular weight excluding hydrogens is 284 g/mol. The second kappa shape index (κ2) is 5.27. The number of phenols is 1. The van der Waals surface area contributed by atoms with E-state index >= 15 is 0 Å². The largest absolute Gasteiger partial charge is 0.507 e. The molecule has 0 radical (unpaired) electrons. The summed E-state index contributed by atoms with van der Waals surface area (Å²) in [7, 11) is 1.40. The number of fused-ring (bicyclic) bond motifs is 1. The minimum absolute atomic E-state index is 0.0704. The number of carbonyl (C=O) groups is 2. The van der Waals surface area contributed by atoms with E-state index in [1.807, 2.05) is 0 Å². The maximum atomic E-state index is 12.7. The summed E-state index contributed by atoms with van der Waals surface area (Å²) in [4.78, 5) is 25.1. The van der Waals surface area contributed by atoms with Gasteiger partial charge in [0.15, 0.2) is 11.6 Å². The summed E-state index contributed by atoms with van der Waals surface area (Å²) in [6.07, 6.45) is -1.51. The zero-order valence-electron chi connectivity index (χ0n) is 11.8. The standard InChI is InChI=1S/C17H14O5/c1-22-10-7-11-14(12(18)8-10)17(21)16(20)13(15(11)19)9-5-3-2-4-6-9/h2-8,13,16,18,20H,1H3/t13-,16+/m1/s1. The van der Waals surface area contributed by atoms with Gasteiger partial charge in [-0.15, -0.1) is 0 Å². The molecule has 2 aromatic carbocycles. The van der Waals surface area contributed by atoms with Gasteiger partial charge < -0.3 is 14.9 Å². The monoisotopic (exact) mass is 298 g/mol. The number of methoxy groups -OCH3 is 1. The van der Waals surface area contributed by atoms with E-state index in [4.69, 9.17) is 4.74 Å². The van der Waals surface area contributed by atoms with Crippen LogP contribution in [0.5, 0.6) is 11.5 Å². The molecular formula is C17H14O5. The van der Waals surface area contributed by atoms with Crippen molar-refractivity contribution in [2.24, 2.45) is 0 Å². The molecule has 0 bridgehead atoms. The number of carbonyl (C=O) groups excluding carboxylic acids is 2. The first kappa shape index (κ1) is 14.3. The summed E-state index contributed by atoms with van der Waals surface area (Å²) in [6, 6.07) is 11.3. The van der Waals surface area contributed by atoms with E-state index in [1.165, 1.54) is 19.2 Å². The molecule has 0 aliphatic heterocycles. The number of hydrogen-bond donors (Lipinski definition) is 2. The van der Waals surface area contributed by atoms with Crippen molar-refractivity contribution in [3.63, 3.8) is 0 Å². The summed E-state index contributed by atoms with van der Waals surface area (Å²) >= 11 is 0. The zero-order chi connectivity index (χ0) is 15.9. The molecule has 112 valence electrons. The molecule has 0 spiro atoms. The number of aliphatic hydroxyl groups is 1. The lowest BCUT2D eigenvalue weighted by Gasteiger charge is -2.28. The average Bonchev–Trinajstić information content (AvgIpc) is 2.53. The SMILES string of the molecule is COc1cc(O)c2c(c1)C(=O)[C@@H](c1ccccc1)[C@H](O)C2=O. The van der Waals surface area contributed by atoms with E-state index in [2.05, 4.69) is 0 Å². The Morgan fingerprint density at radius 1 is 1.05 bits per heavy atom. The van der Waals surface area contributed by atoms with Crippen molar-refractivity contribution in [2.75, 3.05) is 7.11 Å². The molecule has 0 saturated heterocycles. The minimum atomic E-state index is -1.51. The maximum Gasteiger partial charge on any atom is 0.196 e. The van der Waals surface area contributed by atoms with Crippen LogP contribution >= 0.6 is 0 Å². The second-order valence-electron chi connectivity index (χ2n) is 5.13. The van der Waals surface area contributed by atoms with Crippen molar-refractivity contribution in [3.05, 3.63) is 59.2 Å². The Balaban J connectivity index is 2.19. The number of phenolic OH excluding ortho intramolecular Hbond substituents is 1. The van der Waals surface area contributed by atoms with Crippen molar-refractivity contribution >= 4 is 11.6 Å². The molecule has 1 aliphatic carbocycles. The Morgan fingerprint density at radius 3 is 2.36 bits per heavy atom. The summed E-state index contributed by atoms with van der Waals surface area (Å²) in [5.41, 5.74) is 0.479. The van der Waals surface area contributed by atoms with E-state index in [0.29, 0.717) is 5.56 Å². The number of benzene rings is 2. The molecule has 1 aliphatic rings. The summed E-state index contributed by atoms with van der Waals surface area (Å²) in [5, 5.41) is 20.2. The van der Waals surface area contributed by atoms with Crippen LogP contribution in [0.2, 0.25) is 0 Å². The van der Waals surface area contributed by atoms with Gasteiger partial charge in [-0.3, -0.25) is 9.59 Å². The van der Waals surface area contributed by atoms with Gasteiger partial charge in [-0.1, -0.05) is 30.3 Å². The molecule has 0 amide bonds. The average molecular weight is 298 g/mol. The lowest BCUT2D eigenvalue weighted by Crippen LogP contribution is -2.39. The van der Waals surface area contributed by atoms with Gasteiger partial charge in [-0.25, -0.2) is 0 Å². The molecule has 5 heteroatoms. The fourth-order valence-electron chi connectivity index (χ4n) is 2.78. The van der Waals surface area contributed by atoms with Gasteiger partial charge >= 0.3 is 0 Å². The molecule has 2 N–H and O–H groups in total. The van der Waals surface area contributed by atoms with Crippen LogP contribution in [0.15, 0.2) is 42.5 Å². The topological polar surface area (TPSA) is 83.8 Å². The number of ketones is 2. The van der Waals surface area contributed by atoms with Gasteiger partial charge in [0.2, 0.25) is 0 Å². The fourth-order valence-corrected chi connectivity index (χ4v) is 2.78. The summed E-state index contributed by atoms with van der Waals surface area (Å²) in [5.74, 6) is -2.14. The molecule has 22 heavy (non-hydrogen) atoms. The Kier molecular flexibility index (Phi) is 3.42. The smallest absolute Gasteiger partial charge is 0.196 e. The van der Waals surface area contributed by atoms with Crippen LogP contribution in [-0.2, 0) is 0 Å². The number of Topliss-reactive ketones (excluding diaryl/α,β-unsaturated/α-hetero) is 2. The van der Waals surface area contributed by atoms with Gasteiger partial charge in [0, 0.05) is 11.6 Å². The number of aliphatic hydroxyl groups excluding tert-OH is 1. The maximum absolute atomic E-state index is 12.7. The molecule has 2 aromatic rings. The number of ether oxygens (including phenoxy) is 1. The molecule has 0 saturated carbocycles. The summed E-state index contributed by atoms with van der Waals surface area (Å²) < 4.78 is 5.03.